The van der Waals surface area contributed by atoms with Crippen LogP contribution in [-0.4, -0.2) is 26.2 Å². The van der Waals surface area contributed by atoms with E-state index in [2.05, 4.69) is 33.9 Å². The highest BCUT2D eigenvalue weighted by molar-refractivity contribution is 6.74. The summed E-state index contributed by atoms with van der Waals surface area (Å²) < 4.78 is 12.0. The van der Waals surface area contributed by atoms with Gasteiger partial charge < -0.3 is 9.16 Å². The summed E-state index contributed by atoms with van der Waals surface area (Å²) in [5.41, 5.74) is -0.841. The van der Waals surface area contributed by atoms with Crippen LogP contribution in [0, 0.1) is 10.8 Å². The highest BCUT2D eigenvalue weighted by Gasteiger charge is 2.42. The number of benzene rings is 1. The SMILES string of the molecule is CC(OC(=O)c1cccc(O[Si](C)(C)C(C)(C)C)c1)C(C)(C)C(=O)C(C)(C)C. The van der Waals surface area contributed by atoms with Crippen molar-refractivity contribution in [1.82, 2.24) is 0 Å². The molecule has 0 saturated carbocycles. The number of carbonyl (C=O) groups is 2. The molecule has 0 amide bonds. The van der Waals surface area contributed by atoms with Crippen molar-refractivity contribution < 1.29 is 18.8 Å². The fourth-order valence-electron chi connectivity index (χ4n) is 2.66. The van der Waals surface area contributed by atoms with Crippen LogP contribution < -0.4 is 4.43 Å². The molecule has 0 aromatic heterocycles. The lowest BCUT2D eigenvalue weighted by Crippen LogP contribution is -2.44. The Labute approximate surface area is 172 Å². The van der Waals surface area contributed by atoms with Gasteiger partial charge in [-0.2, -0.15) is 0 Å². The van der Waals surface area contributed by atoms with Crippen LogP contribution in [0.5, 0.6) is 5.75 Å². The second-order valence-electron chi connectivity index (χ2n) is 10.7. The zero-order chi connectivity index (χ0) is 22.1. The van der Waals surface area contributed by atoms with Gasteiger partial charge in [-0.15, -0.1) is 0 Å². The van der Waals surface area contributed by atoms with E-state index >= 15 is 0 Å². The number of hydrogen-bond acceptors (Lipinski definition) is 4. The molecule has 4 nitrogen and oxygen atoms in total. The molecular weight excluding hydrogens is 368 g/mol. The lowest BCUT2D eigenvalue weighted by atomic mass is 9.72. The first-order valence-electron chi connectivity index (χ1n) is 9.94. The number of ketones is 1. The Balaban J connectivity index is 2.98. The van der Waals surface area contributed by atoms with E-state index in [1.54, 1.807) is 25.1 Å². The Morgan fingerprint density at radius 2 is 1.50 bits per heavy atom. The van der Waals surface area contributed by atoms with Gasteiger partial charge in [-0.3, -0.25) is 4.79 Å². The highest BCUT2D eigenvalue weighted by atomic mass is 28.4. The number of esters is 1. The number of Topliss-reactive ketones (excluding diaryl/α,β-unsaturated/α-hetero) is 1. The maximum absolute atomic E-state index is 12.7. The Bertz CT molecular complexity index is 721. The minimum atomic E-state index is -2.00. The van der Waals surface area contributed by atoms with Gasteiger partial charge in [0, 0.05) is 5.41 Å². The third-order valence-corrected chi connectivity index (χ3v) is 10.2. The molecule has 0 bridgehead atoms. The van der Waals surface area contributed by atoms with Crippen LogP contribution in [0.4, 0.5) is 0 Å². The number of ether oxygens (including phenoxy) is 1. The molecule has 1 atom stereocenters. The molecule has 0 spiro atoms. The van der Waals surface area contributed by atoms with E-state index in [9.17, 15) is 9.59 Å². The lowest BCUT2D eigenvalue weighted by Gasteiger charge is -2.36. The second kappa shape index (κ2) is 8.01. The summed E-state index contributed by atoms with van der Waals surface area (Å²) in [6.07, 6.45) is -0.545. The molecule has 1 rings (SSSR count). The van der Waals surface area contributed by atoms with Crippen LogP contribution in [-0.2, 0) is 9.53 Å². The summed E-state index contributed by atoms with van der Waals surface area (Å²) in [6.45, 7) is 21.9. The fourth-order valence-corrected chi connectivity index (χ4v) is 3.68. The van der Waals surface area contributed by atoms with Crippen molar-refractivity contribution in [3.05, 3.63) is 29.8 Å². The predicted molar refractivity (Wildman–Crippen MR) is 117 cm³/mol. The molecule has 28 heavy (non-hydrogen) atoms. The van der Waals surface area contributed by atoms with Crippen molar-refractivity contribution in [2.45, 2.75) is 86.5 Å². The highest BCUT2D eigenvalue weighted by Crippen LogP contribution is 2.38. The van der Waals surface area contributed by atoms with Gasteiger partial charge >= 0.3 is 5.97 Å². The fraction of sp³-hybridized carbons (Fsp3) is 0.652. The molecule has 0 fully saturated rings. The van der Waals surface area contributed by atoms with Crippen LogP contribution >= 0.6 is 0 Å². The molecule has 0 N–H and O–H groups in total. The molecule has 0 aliphatic heterocycles. The van der Waals surface area contributed by atoms with Crippen LogP contribution in [0.1, 0.15) is 72.7 Å². The smallest absolute Gasteiger partial charge is 0.338 e. The van der Waals surface area contributed by atoms with E-state index in [4.69, 9.17) is 9.16 Å². The Hall–Kier alpha value is -1.62. The van der Waals surface area contributed by atoms with E-state index in [0.717, 1.165) is 0 Å². The standard InChI is InChI=1S/C23H38O4Si/c1-16(23(8,9)20(25)21(2,3)4)26-19(24)17-13-12-14-18(15-17)27-28(10,11)22(5,6)7/h12-16H,1-11H3. The first-order valence-corrected chi connectivity index (χ1v) is 12.9. The topological polar surface area (TPSA) is 52.6 Å². The quantitative estimate of drug-likeness (QED) is 0.413. The molecular formula is C23H38O4Si. The van der Waals surface area contributed by atoms with Gasteiger partial charge in [0.2, 0.25) is 8.32 Å². The van der Waals surface area contributed by atoms with Gasteiger partial charge in [0.15, 0.2) is 0 Å². The number of rotatable bonds is 6. The zero-order valence-electron chi connectivity index (χ0n) is 19.5. The summed E-state index contributed by atoms with van der Waals surface area (Å²) in [5.74, 6) is 0.303. The normalized spacial score (nSPS) is 14.4. The van der Waals surface area contributed by atoms with Crippen LogP contribution in [0.3, 0.4) is 0 Å². The van der Waals surface area contributed by atoms with Crippen molar-refractivity contribution in [1.29, 1.82) is 0 Å². The molecule has 0 aliphatic rings. The lowest BCUT2D eigenvalue weighted by molar-refractivity contribution is -0.140. The van der Waals surface area contributed by atoms with Crippen molar-refractivity contribution in [2.24, 2.45) is 10.8 Å². The monoisotopic (exact) mass is 406 g/mol. The Morgan fingerprint density at radius 1 is 0.964 bits per heavy atom. The molecule has 1 aromatic rings. The third-order valence-electron chi connectivity index (χ3n) is 5.82. The summed E-state index contributed by atoms with van der Waals surface area (Å²) >= 11 is 0. The Morgan fingerprint density at radius 3 is 1.96 bits per heavy atom. The summed E-state index contributed by atoms with van der Waals surface area (Å²) in [7, 11) is -2.00. The average Bonchev–Trinajstić information content (AvgIpc) is 2.51. The van der Waals surface area contributed by atoms with Gasteiger partial charge in [0.1, 0.15) is 17.6 Å². The summed E-state index contributed by atoms with van der Waals surface area (Å²) in [4.78, 5) is 25.5. The van der Waals surface area contributed by atoms with Crippen molar-refractivity contribution in [3.63, 3.8) is 0 Å². The third kappa shape index (κ3) is 5.69. The van der Waals surface area contributed by atoms with Gasteiger partial charge in [0.05, 0.1) is 11.0 Å². The molecule has 1 unspecified atom stereocenters. The molecule has 0 heterocycles. The first kappa shape index (κ1) is 24.4. The molecule has 1 aromatic carbocycles. The van der Waals surface area contributed by atoms with Crippen molar-refractivity contribution in [3.8, 4) is 5.75 Å². The van der Waals surface area contributed by atoms with E-state index in [1.165, 1.54) is 0 Å². The first-order chi connectivity index (χ1) is 12.4. The predicted octanol–water partition coefficient (Wildman–Crippen LogP) is 6.26. The van der Waals surface area contributed by atoms with Gasteiger partial charge in [-0.25, -0.2) is 4.79 Å². The van der Waals surface area contributed by atoms with Gasteiger partial charge in [-0.1, -0.05) is 47.6 Å². The summed E-state index contributed by atoms with van der Waals surface area (Å²) in [5, 5.41) is 0.0649. The minimum Gasteiger partial charge on any atom is -0.543 e. The zero-order valence-corrected chi connectivity index (χ0v) is 20.5. The molecule has 0 radical (unpaired) electrons. The molecule has 0 saturated heterocycles. The van der Waals surface area contributed by atoms with Crippen LogP contribution in [0.2, 0.25) is 18.1 Å². The second-order valence-corrected chi connectivity index (χ2v) is 15.5. The maximum Gasteiger partial charge on any atom is 0.338 e. The minimum absolute atomic E-state index is 0.0649. The average molecular weight is 407 g/mol. The van der Waals surface area contributed by atoms with E-state index < -0.39 is 31.2 Å². The number of carbonyl (C=O) groups excluding carboxylic acids is 2. The van der Waals surface area contributed by atoms with Crippen LogP contribution in [0.25, 0.3) is 0 Å². The Kier molecular flexibility index (Phi) is 6.99. The maximum atomic E-state index is 12.7. The molecule has 5 heteroatoms. The largest absolute Gasteiger partial charge is 0.543 e. The number of hydrogen-bond donors (Lipinski definition) is 0. The summed E-state index contributed by atoms with van der Waals surface area (Å²) in [6, 6.07) is 7.11. The van der Waals surface area contributed by atoms with Gasteiger partial charge in [-0.05, 0) is 57.1 Å². The van der Waals surface area contributed by atoms with Gasteiger partial charge in [0.25, 0.3) is 0 Å². The molecule has 0 aliphatic carbocycles. The van der Waals surface area contributed by atoms with Crippen molar-refractivity contribution >= 4 is 20.1 Å². The van der Waals surface area contributed by atoms with Crippen molar-refractivity contribution in [2.75, 3.05) is 0 Å². The molecule has 158 valence electrons. The van der Waals surface area contributed by atoms with E-state index in [0.29, 0.717) is 11.3 Å². The van der Waals surface area contributed by atoms with E-state index in [-0.39, 0.29) is 10.8 Å². The van der Waals surface area contributed by atoms with E-state index in [1.807, 2.05) is 40.7 Å². The van der Waals surface area contributed by atoms with Crippen LogP contribution in [0.15, 0.2) is 24.3 Å².